The fourth-order valence-electron chi connectivity index (χ4n) is 2.92. The van der Waals surface area contributed by atoms with E-state index in [1.807, 2.05) is 13.0 Å². The van der Waals surface area contributed by atoms with E-state index in [0.717, 1.165) is 5.56 Å². The molecule has 0 aliphatic carbocycles. The van der Waals surface area contributed by atoms with Crippen molar-refractivity contribution in [1.29, 1.82) is 0 Å². The molecule has 1 fully saturated rings. The fraction of sp³-hybridized carbons (Fsp3) is 0.533. The van der Waals surface area contributed by atoms with Gasteiger partial charge in [0.1, 0.15) is 0 Å². The normalized spacial score (nSPS) is 24.4. The molecule has 22 heavy (non-hydrogen) atoms. The third kappa shape index (κ3) is 3.93. The predicted octanol–water partition coefficient (Wildman–Crippen LogP) is 3.64. The number of carboxylic acids is 1. The number of rotatable bonds is 4. The minimum atomic E-state index is -4.49. The first kappa shape index (κ1) is 17.1. The fourth-order valence-corrected chi connectivity index (χ4v) is 3.12. The molecule has 1 aliphatic rings. The Balaban J connectivity index is 2.06. The summed E-state index contributed by atoms with van der Waals surface area (Å²) in [6.45, 7) is 1.91. The molecule has 0 amide bonds. The van der Waals surface area contributed by atoms with E-state index < -0.39 is 24.0 Å². The number of carbonyl (C=O) groups is 1. The molecule has 3 nitrogen and oxygen atoms in total. The molecule has 2 rings (SSSR count). The van der Waals surface area contributed by atoms with Crippen molar-refractivity contribution >= 4 is 17.6 Å². The average molecular weight is 336 g/mol. The topological polar surface area (TPSA) is 40.5 Å². The number of hydrogen-bond donors (Lipinski definition) is 1. The Morgan fingerprint density at radius 3 is 2.64 bits per heavy atom. The molecule has 1 heterocycles. The lowest BCUT2D eigenvalue weighted by Crippen LogP contribution is -2.33. The van der Waals surface area contributed by atoms with Crippen LogP contribution in [0.15, 0.2) is 24.3 Å². The van der Waals surface area contributed by atoms with Crippen LogP contribution < -0.4 is 0 Å². The van der Waals surface area contributed by atoms with Crippen molar-refractivity contribution in [2.75, 3.05) is 19.6 Å². The van der Waals surface area contributed by atoms with Crippen molar-refractivity contribution in [2.45, 2.75) is 19.0 Å². The third-order valence-electron chi connectivity index (χ3n) is 4.08. The number of nitrogens with zero attached hydrogens (tertiary/aromatic N) is 1. The molecule has 0 radical (unpaired) electrons. The van der Waals surface area contributed by atoms with Gasteiger partial charge in [0.25, 0.3) is 0 Å². The number of likely N-dealkylation sites (tertiary alicyclic amines) is 1. The van der Waals surface area contributed by atoms with E-state index >= 15 is 0 Å². The van der Waals surface area contributed by atoms with Crippen molar-refractivity contribution in [1.82, 2.24) is 4.90 Å². The molecule has 0 aromatic heterocycles. The van der Waals surface area contributed by atoms with Gasteiger partial charge in [-0.15, -0.1) is 0 Å². The van der Waals surface area contributed by atoms with Gasteiger partial charge in [-0.25, -0.2) is 0 Å². The maximum absolute atomic E-state index is 13.0. The largest absolute Gasteiger partial charge is 0.481 e. The van der Waals surface area contributed by atoms with Gasteiger partial charge in [-0.1, -0.05) is 30.7 Å². The second kappa shape index (κ2) is 6.46. The molecule has 1 aromatic carbocycles. The summed E-state index contributed by atoms with van der Waals surface area (Å²) in [5.41, 5.74) is 0.926. The summed E-state index contributed by atoms with van der Waals surface area (Å²) in [5, 5.41) is 9.58. The van der Waals surface area contributed by atoms with Crippen LogP contribution in [0.25, 0.3) is 0 Å². The summed E-state index contributed by atoms with van der Waals surface area (Å²) in [4.78, 5) is 12.6. The Hall–Kier alpha value is -1.27. The predicted molar refractivity (Wildman–Crippen MR) is 77.0 cm³/mol. The zero-order chi connectivity index (χ0) is 16.5. The molecule has 0 spiro atoms. The van der Waals surface area contributed by atoms with Crippen LogP contribution in [-0.4, -0.2) is 41.8 Å². The Morgan fingerprint density at radius 2 is 2.14 bits per heavy atom. The Morgan fingerprint density at radius 1 is 1.45 bits per heavy atom. The molecule has 7 heteroatoms. The molecule has 0 bridgehead atoms. The Bertz CT molecular complexity index is 550. The number of alkyl halides is 3. The first-order valence-corrected chi connectivity index (χ1v) is 7.33. The molecule has 1 aromatic rings. The summed E-state index contributed by atoms with van der Waals surface area (Å²) in [6.07, 6.45) is -4.49. The van der Waals surface area contributed by atoms with Crippen molar-refractivity contribution in [2.24, 2.45) is 11.8 Å². The number of benzene rings is 1. The van der Waals surface area contributed by atoms with Crippen molar-refractivity contribution in [3.63, 3.8) is 0 Å². The monoisotopic (exact) mass is 335 g/mol. The van der Waals surface area contributed by atoms with E-state index in [1.54, 1.807) is 23.1 Å². The van der Waals surface area contributed by atoms with Gasteiger partial charge in [0.05, 0.1) is 11.8 Å². The lowest BCUT2D eigenvalue weighted by Gasteiger charge is -2.21. The zero-order valence-corrected chi connectivity index (χ0v) is 12.7. The first-order valence-electron chi connectivity index (χ1n) is 6.96. The second-order valence-corrected chi connectivity index (χ2v) is 6.20. The zero-order valence-electron chi connectivity index (χ0n) is 12.0. The van der Waals surface area contributed by atoms with E-state index in [1.165, 1.54) is 0 Å². The van der Waals surface area contributed by atoms with Gasteiger partial charge in [0, 0.05) is 24.7 Å². The highest BCUT2D eigenvalue weighted by atomic mass is 35.5. The van der Waals surface area contributed by atoms with Gasteiger partial charge in [0.2, 0.25) is 0 Å². The van der Waals surface area contributed by atoms with Crippen LogP contribution in [0.2, 0.25) is 5.02 Å². The number of aliphatic carboxylic acids is 1. The number of hydrogen-bond acceptors (Lipinski definition) is 2. The van der Waals surface area contributed by atoms with Crippen LogP contribution in [0.3, 0.4) is 0 Å². The van der Waals surface area contributed by atoms with Crippen LogP contribution in [0.5, 0.6) is 0 Å². The van der Waals surface area contributed by atoms with E-state index in [4.69, 9.17) is 16.7 Å². The van der Waals surface area contributed by atoms with Crippen molar-refractivity contribution < 1.29 is 23.1 Å². The van der Waals surface area contributed by atoms with E-state index in [2.05, 4.69) is 0 Å². The molecule has 0 saturated carbocycles. The second-order valence-electron chi connectivity index (χ2n) is 5.77. The van der Waals surface area contributed by atoms with Crippen molar-refractivity contribution in [3.05, 3.63) is 34.9 Å². The average Bonchev–Trinajstić information content (AvgIpc) is 2.83. The summed E-state index contributed by atoms with van der Waals surface area (Å²) >= 11 is 5.91. The van der Waals surface area contributed by atoms with E-state index in [9.17, 15) is 18.0 Å². The van der Waals surface area contributed by atoms with Crippen LogP contribution in [-0.2, 0) is 4.79 Å². The number of halogens is 4. The van der Waals surface area contributed by atoms with Gasteiger partial charge in [-0.2, -0.15) is 13.2 Å². The van der Waals surface area contributed by atoms with Crippen LogP contribution in [0, 0.1) is 11.8 Å². The maximum atomic E-state index is 13.0. The van der Waals surface area contributed by atoms with Crippen LogP contribution in [0.4, 0.5) is 13.2 Å². The Kier molecular flexibility index (Phi) is 5.02. The summed E-state index contributed by atoms with van der Waals surface area (Å²) in [7, 11) is 0. The third-order valence-corrected chi connectivity index (χ3v) is 4.32. The smallest absolute Gasteiger partial charge is 0.393 e. The summed E-state index contributed by atoms with van der Waals surface area (Å²) in [5.74, 6) is -4.62. The molecular formula is C15H17ClF3NO2. The first-order chi connectivity index (χ1) is 10.2. The molecule has 1 unspecified atom stereocenters. The molecule has 122 valence electrons. The maximum Gasteiger partial charge on any atom is 0.393 e. The molecular weight excluding hydrogens is 319 g/mol. The van der Waals surface area contributed by atoms with Crippen LogP contribution in [0.1, 0.15) is 18.4 Å². The number of carboxylic acid groups (broad SMARTS) is 1. The highest BCUT2D eigenvalue weighted by Crippen LogP contribution is 2.38. The summed E-state index contributed by atoms with van der Waals surface area (Å²) in [6, 6.07) is 7.16. The van der Waals surface area contributed by atoms with Gasteiger partial charge in [0.15, 0.2) is 0 Å². The minimum Gasteiger partial charge on any atom is -0.481 e. The molecule has 3 atom stereocenters. The Labute approximate surface area is 131 Å². The highest BCUT2D eigenvalue weighted by Gasteiger charge is 2.52. The molecule has 1 saturated heterocycles. The standard InChI is InChI=1S/C15H17ClF3NO2/c1-9(10-3-2-4-11(16)5-10)6-20-7-12(14(21)22)13(8-20)15(17,18)19/h2-5,9,12-13H,6-8H2,1H3,(H,21,22)/t9?,12-,13-/m1/s1. The minimum absolute atomic E-state index is 0.0277. The van der Waals surface area contributed by atoms with Gasteiger partial charge in [-0.05, 0) is 23.6 Å². The highest BCUT2D eigenvalue weighted by molar-refractivity contribution is 6.30. The SMILES string of the molecule is CC(CN1C[C@@H](C(F)(F)F)[C@H](C(=O)O)C1)c1cccc(Cl)c1. The quantitative estimate of drug-likeness (QED) is 0.913. The summed E-state index contributed by atoms with van der Waals surface area (Å²) < 4.78 is 38.9. The van der Waals surface area contributed by atoms with Gasteiger partial charge >= 0.3 is 12.1 Å². The van der Waals surface area contributed by atoms with Gasteiger partial charge in [-0.3, -0.25) is 4.79 Å². The van der Waals surface area contributed by atoms with Crippen LogP contribution >= 0.6 is 11.6 Å². The van der Waals surface area contributed by atoms with Crippen molar-refractivity contribution in [3.8, 4) is 0 Å². The van der Waals surface area contributed by atoms with E-state index in [0.29, 0.717) is 11.6 Å². The lowest BCUT2D eigenvalue weighted by molar-refractivity contribution is -0.188. The lowest BCUT2D eigenvalue weighted by atomic mass is 9.96. The van der Waals surface area contributed by atoms with E-state index in [-0.39, 0.29) is 19.0 Å². The molecule has 1 aliphatic heterocycles. The molecule has 1 N–H and O–H groups in total. The van der Waals surface area contributed by atoms with Gasteiger partial charge < -0.3 is 10.0 Å².